The van der Waals surface area contributed by atoms with Crippen molar-refractivity contribution in [2.45, 2.75) is 19.6 Å². The second kappa shape index (κ2) is 4.22. The van der Waals surface area contributed by atoms with Crippen LogP contribution in [0.25, 0.3) is 5.76 Å². The van der Waals surface area contributed by atoms with Crippen LogP contribution in [0.4, 0.5) is 0 Å². The van der Waals surface area contributed by atoms with Gasteiger partial charge in [0.05, 0.1) is 6.61 Å². The molecule has 90 valence electrons. The lowest BCUT2D eigenvalue weighted by molar-refractivity contribution is -0.223. The SMILES string of the molecule is CC1(C)OC/C(=C(\O)c2ccccc2)C(=O)O1. The van der Waals surface area contributed by atoms with Gasteiger partial charge in [0.25, 0.3) is 0 Å². The van der Waals surface area contributed by atoms with Gasteiger partial charge in [-0.1, -0.05) is 30.3 Å². The summed E-state index contributed by atoms with van der Waals surface area (Å²) in [7, 11) is 0. The molecule has 1 heterocycles. The summed E-state index contributed by atoms with van der Waals surface area (Å²) < 4.78 is 10.4. The maximum Gasteiger partial charge on any atom is 0.342 e. The summed E-state index contributed by atoms with van der Waals surface area (Å²) in [5, 5.41) is 9.98. The normalized spacial score (nSPS) is 21.9. The predicted octanol–water partition coefficient (Wildman–Crippen LogP) is 2.27. The van der Waals surface area contributed by atoms with Gasteiger partial charge in [-0.2, -0.15) is 0 Å². The minimum absolute atomic E-state index is 0.0482. The van der Waals surface area contributed by atoms with Crippen LogP contribution in [0.15, 0.2) is 35.9 Å². The van der Waals surface area contributed by atoms with Gasteiger partial charge in [-0.05, 0) is 0 Å². The zero-order valence-corrected chi connectivity index (χ0v) is 9.77. The number of hydrogen-bond acceptors (Lipinski definition) is 4. The number of esters is 1. The van der Waals surface area contributed by atoms with Crippen molar-refractivity contribution in [3.63, 3.8) is 0 Å². The van der Waals surface area contributed by atoms with Crippen LogP contribution in [-0.2, 0) is 14.3 Å². The molecule has 1 N–H and O–H groups in total. The summed E-state index contributed by atoms with van der Waals surface area (Å²) in [6.45, 7) is 3.36. The van der Waals surface area contributed by atoms with Gasteiger partial charge in [0, 0.05) is 19.4 Å². The average molecular weight is 234 g/mol. The molecule has 0 aromatic heterocycles. The number of carbonyl (C=O) groups excluding carboxylic acids is 1. The average Bonchev–Trinajstić information content (AvgIpc) is 2.28. The lowest BCUT2D eigenvalue weighted by Crippen LogP contribution is -2.39. The first-order chi connectivity index (χ1) is 7.99. The largest absolute Gasteiger partial charge is 0.507 e. The molecule has 1 aliphatic rings. The smallest absolute Gasteiger partial charge is 0.342 e. The van der Waals surface area contributed by atoms with E-state index in [1.807, 2.05) is 6.07 Å². The monoisotopic (exact) mass is 234 g/mol. The number of hydrogen-bond donors (Lipinski definition) is 1. The zero-order valence-electron chi connectivity index (χ0n) is 9.77. The molecule has 1 fully saturated rings. The Hall–Kier alpha value is -1.81. The van der Waals surface area contributed by atoms with E-state index in [4.69, 9.17) is 9.47 Å². The van der Waals surface area contributed by atoms with Crippen LogP contribution >= 0.6 is 0 Å². The molecule has 0 atom stereocenters. The van der Waals surface area contributed by atoms with E-state index in [9.17, 15) is 9.90 Å². The maximum atomic E-state index is 11.7. The number of aliphatic hydroxyl groups is 1. The summed E-state index contributed by atoms with van der Waals surface area (Å²) in [6.07, 6.45) is 0. The molecule has 17 heavy (non-hydrogen) atoms. The van der Waals surface area contributed by atoms with E-state index >= 15 is 0 Å². The molecule has 0 bridgehead atoms. The summed E-state index contributed by atoms with van der Waals surface area (Å²) >= 11 is 0. The van der Waals surface area contributed by atoms with Crippen LogP contribution < -0.4 is 0 Å². The van der Waals surface area contributed by atoms with Gasteiger partial charge in [0.1, 0.15) is 11.3 Å². The molecule has 1 saturated heterocycles. The summed E-state index contributed by atoms with van der Waals surface area (Å²) in [6, 6.07) is 8.83. The highest BCUT2D eigenvalue weighted by Gasteiger charge is 2.34. The van der Waals surface area contributed by atoms with Gasteiger partial charge >= 0.3 is 5.97 Å². The quantitative estimate of drug-likeness (QED) is 0.460. The van der Waals surface area contributed by atoms with Gasteiger partial charge in [0.2, 0.25) is 5.79 Å². The fraction of sp³-hybridized carbons (Fsp3) is 0.308. The van der Waals surface area contributed by atoms with Gasteiger partial charge < -0.3 is 14.6 Å². The van der Waals surface area contributed by atoms with Crippen LogP contribution in [0.3, 0.4) is 0 Å². The van der Waals surface area contributed by atoms with Crippen molar-refractivity contribution in [1.29, 1.82) is 0 Å². The third kappa shape index (κ3) is 2.47. The summed E-state index contributed by atoms with van der Waals surface area (Å²) in [5.74, 6) is -1.56. The highest BCUT2D eigenvalue weighted by molar-refractivity contribution is 5.96. The van der Waals surface area contributed by atoms with E-state index < -0.39 is 11.8 Å². The van der Waals surface area contributed by atoms with Gasteiger partial charge in [0.15, 0.2) is 0 Å². The summed E-state index contributed by atoms with van der Waals surface area (Å²) in [4.78, 5) is 11.7. The highest BCUT2D eigenvalue weighted by atomic mass is 16.7. The van der Waals surface area contributed by atoms with Crippen molar-refractivity contribution in [3.05, 3.63) is 41.5 Å². The third-order valence-electron chi connectivity index (χ3n) is 2.48. The second-order valence-corrected chi connectivity index (χ2v) is 4.27. The molecule has 1 aliphatic heterocycles. The lowest BCUT2D eigenvalue weighted by atomic mass is 10.1. The first kappa shape index (κ1) is 11.7. The van der Waals surface area contributed by atoms with Crippen molar-refractivity contribution < 1.29 is 19.4 Å². The van der Waals surface area contributed by atoms with Crippen molar-refractivity contribution in [3.8, 4) is 0 Å². The topological polar surface area (TPSA) is 55.8 Å². The highest BCUT2D eigenvalue weighted by Crippen LogP contribution is 2.26. The molecule has 4 nitrogen and oxygen atoms in total. The maximum absolute atomic E-state index is 11.7. The third-order valence-corrected chi connectivity index (χ3v) is 2.48. The first-order valence-corrected chi connectivity index (χ1v) is 5.34. The number of ether oxygens (including phenoxy) is 2. The van der Waals surface area contributed by atoms with Crippen LogP contribution in [0, 0.1) is 0 Å². The van der Waals surface area contributed by atoms with Crippen LogP contribution in [0.5, 0.6) is 0 Å². The number of rotatable bonds is 1. The number of carbonyl (C=O) groups is 1. The molecule has 0 aliphatic carbocycles. The molecule has 0 spiro atoms. The van der Waals surface area contributed by atoms with E-state index in [1.165, 1.54) is 0 Å². The van der Waals surface area contributed by atoms with E-state index in [0.29, 0.717) is 5.56 Å². The number of cyclic esters (lactones) is 1. The number of benzene rings is 1. The van der Waals surface area contributed by atoms with E-state index in [1.54, 1.807) is 38.1 Å². The standard InChI is InChI=1S/C13H14O4/c1-13(2)16-8-10(12(15)17-13)11(14)9-6-4-3-5-7-9/h3-7,14H,8H2,1-2H3/b11-10+. The molecule has 2 rings (SSSR count). The molecular formula is C13H14O4. The van der Waals surface area contributed by atoms with Crippen LogP contribution in [0.1, 0.15) is 19.4 Å². The molecule has 1 aromatic rings. The zero-order chi connectivity index (χ0) is 12.5. The minimum Gasteiger partial charge on any atom is -0.507 e. The minimum atomic E-state index is -0.933. The van der Waals surface area contributed by atoms with Crippen molar-refractivity contribution >= 4 is 11.7 Å². The van der Waals surface area contributed by atoms with Crippen molar-refractivity contribution in [2.75, 3.05) is 6.61 Å². The second-order valence-electron chi connectivity index (χ2n) is 4.27. The molecule has 4 heteroatoms. The predicted molar refractivity (Wildman–Crippen MR) is 62.1 cm³/mol. The Kier molecular flexibility index (Phi) is 2.90. The van der Waals surface area contributed by atoms with Crippen molar-refractivity contribution in [1.82, 2.24) is 0 Å². The van der Waals surface area contributed by atoms with Gasteiger partial charge in [-0.15, -0.1) is 0 Å². The Morgan fingerprint density at radius 1 is 1.29 bits per heavy atom. The van der Waals surface area contributed by atoms with Crippen molar-refractivity contribution in [2.24, 2.45) is 0 Å². The van der Waals surface area contributed by atoms with Gasteiger partial charge in [-0.25, -0.2) is 4.79 Å². The Labute approximate surface area is 99.5 Å². The number of aliphatic hydroxyl groups excluding tert-OH is 1. The van der Waals surface area contributed by atoms with E-state index in [-0.39, 0.29) is 17.9 Å². The molecular weight excluding hydrogens is 220 g/mol. The molecule has 0 unspecified atom stereocenters. The van der Waals surface area contributed by atoms with E-state index in [2.05, 4.69) is 0 Å². The van der Waals surface area contributed by atoms with Crippen LogP contribution in [0.2, 0.25) is 0 Å². The van der Waals surface area contributed by atoms with E-state index in [0.717, 1.165) is 0 Å². The Bertz CT molecular complexity index is 460. The molecule has 0 radical (unpaired) electrons. The Morgan fingerprint density at radius 2 is 1.94 bits per heavy atom. The fourth-order valence-electron chi connectivity index (χ4n) is 1.55. The Morgan fingerprint density at radius 3 is 2.53 bits per heavy atom. The first-order valence-electron chi connectivity index (χ1n) is 5.34. The fourth-order valence-corrected chi connectivity index (χ4v) is 1.55. The lowest BCUT2D eigenvalue weighted by Gasteiger charge is -2.31. The molecule has 0 amide bonds. The summed E-state index contributed by atoms with van der Waals surface area (Å²) in [5.41, 5.74) is 0.721. The van der Waals surface area contributed by atoms with Gasteiger partial charge in [-0.3, -0.25) is 0 Å². The van der Waals surface area contributed by atoms with Crippen LogP contribution in [-0.4, -0.2) is 23.5 Å². The molecule has 0 saturated carbocycles. The molecule has 1 aromatic carbocycles. The Balaban J connectivity index is 2.31.